The highest BCUT2D eigenvalue weighted by atomic mass is 16.2. The summed E-state index contributed by atoms with van der Waals surface area (Å²) in [4.78, 5) is 14.0. The molecule has 0 bridgehead atoms. The zero-order chi connectivity index (χ0) is 14.5. The Bertz CT molecular complexity index is 652. The van der Waals surface area contributed by atoms with Gasteiger partial charge in [0.1, 0.15) is 6.34 Å². The van der Waals surface area contributed by atoms with Crippen molar-refractivity contribution in [2.24, 2.45) is 5.10 Å². The first kappa shape index (κ1) is 13.4. The van der Waals surface area contributed by atoms with Gasteiger partial charge >= 0.3 is 0 Å². The van der Waals surface area contributed by atoms with Gasteiger partial charge in [0.05, 0.1) is 0 Å². The Morgan fingerprint density at radius 3 is 2.71 bits per heavy atom. The largest absolute Gasteiger partial charge is 0.331 e. The Kier molecular flexibility index (Phi) is 3.96. The third kappa shape index (κ3) is 3.11. The number of aryl methyl sites for hydroxylation is 1. The fraction of sp³-hybridized carbons (Fsp3) is 0.176. The normalized spacial score (nSPS) is 14.0. The molecule has 3 rings (SSSR count). The SMILES string of the molecule is O=C(N/N=C\N1CCCc2ccccc21)c1ccccc1. The number of anilines is 1. The van der Waals surface area contributed by atoms with Crippen LogP contribution in [0.2, 0.25) is 0 Å². The molecular formula is C17H17N3O. The summed E-state index contributed by atoms with van der Waals surface area (Å²) in [5.74, 6) is -0.197. The Morgan fingerprint density at radius 2 is 1.86 bits per heavy atom. The van der Waals surface area contributed by atoms with Crippen LogP contribution in [0.4, 0.5) is 5.69 Å². The van der Waals surface area contributed by atoms with Crippen LogP contribution in [0.1, 0.15) is 22.3 Å². The minimum atomic E-state index is -0.197. The molecule has 21 heavy (non-hydrogen) atoms. The molecule has 0 unspecified atom stereocenters. The molecule has 0 aromatic heterocycles. The zero-order valence-electron chi connectivity index (χ0n) is 11.7. The number of amides is 1. The number of carbonyl (C=O) groups excluding carboxylic acids is 1. The smallest absolute Gasteiger partial charge is 0.271 e. The van der Waals surface area contributed by atoms with Gasteiger partial charge in [0.2, 0.25) is 0 Å². The standard InChI is InChI=1S/C17H17N3O/c21-17(15-8-2-1-3-9-15)19-18-13-20-12-6-10-14-7-4-5-11-16(14)20/h1-5,7-9,11,13H,6,10,12H2,(H,19,21)/b18-13-. The topological polar surface area (TPSA) is 44.7 Å². The fourth-order valence-electron chi connectivity index (χ4n) is 2.49. The second kappa shape index (κ2) is 6.22. The third-order valence-electron chi connectivity index (χ3n) is 3.55. The molecule has 4 heteroatoms. The van der Waals surface area contributed by atoms with Crippen molar-refractivity contribution in [2.75, 3.05) is 11.4 Å². The van der Waals surface area contributed by atoms with Gasteiger partial charge in [-0.2, -0.15) is 5.10 Å². The monoisotopic (exact) mass is 279 g/mol. The van der Waals surface area contributed by atoms with Gasteiger partial charge in [-0.15, -0.1) is 0 Å². The molecule has 1 N–H and O–H groups in total. The van der Waals surface area contributed by atoms with Gasteiger partial charge < -0.3 is 4.90 Å². The van der Waals surface area contributed by atoms with Crippen LogP contribution in [0.25, 0.3) is 0 Å². The summed E-state index contributed by atoms with van der Waals surface area (Å²) in [6.07, 6.45) is 3.88. The lowest BCUT2D eigenvalue weighted by molar-refractivity contribution is 0.0955. The average molecular weight is 279 g/mol. The summed E-state index contributed by atoms with van der Waals surface area (Å²) in [6, 6.07) is 17.4. The number of nitrogens with zero attached hydrogens (tertiary/aromatic N) is 2. The van der Waals surface area contributed by atoms with Crippen molar-refractivity contribution in [1.82, 2.24) is 5.43 Å². The molecule has 0 saturated carbocycles. The maximum atomic E-state index is 11.9. The van der Waals surface area contributed by atoms with E-state index in [-0.39, 0.29) is 5.91 Å². The Morgan fingerprint density at radius 1 is 1.10 bits per heavy atom. The number of para-hydroxylation sites is 1. The zero-order valence-corrected chi connectivity index (χ0v) is 11.7. The van der Waals surface area contributed by atoms with Crippen LogP contribution >= 0.6 is 0 Å². The molecule has 0 radical (unpaired) electrons. The molecule has 1 aliphatic heterocycles. The Labute approximate surface area is 124 Å². The lowest BCUT2D eigenvalue weighted by Gasteiger charge is -2.27. The van der Waals surface area contributed by atoms with E-state index in [0.29, 0.717) is 5.56 Å². The second-order valence-electron chi connectivity index (χ2n) is 4.98. The molecule has 0 aliphatic carbocycles. The molecule has 2 aromatic rings. The number of hydrogen-bond donors (Lipinski definition) is 1. The first-order valence-electron chi connectivity index (χ1n) is 7.08. The van der Waals surface area contributed by atoms with Crippen molar-refractivity contribution < 1.29 is 4.79 Å². The third-order valence-corrected chi connectivity index (χ3v) is 3.55. The highest BCUT2D eigenvalue weighted by Gasteiger charge is 2.14. The van der Waals surface area contributed by atoms with Crippen LogP contribution in [0.5, 0.6) is 0 Å². The fourth-order valence-corrected chi connectivity index (χ4v) is 2.49. The van der Waals surface area contributed by atoms with Crippen LogP contribution in [0, 0.1) is 0 Å². The van der Waals surface area contributed by atoms with Crippen molar-refractivity contribution in [3.63, 3.8) is 0 Å². The van der Waals surface area contributed by atoms with Crippen LogP contribution in [0.3, 0.4) is 0 Å². The highest BCUT2D eigenvalue weighted by molar-refractivity contribution is 5.94. The van der Waals surface area contributed by atoms with Crippen LogP contribution in [-0.4, -0.2) is 18.8 Å². The molecule has 1 aliphatic rings. The van der Waals surface area contributed by atoms with E-state index in [1.165, 1.54) is 11.3 Å². The van der Waals surface area contributed by atoms with Crippen molar-refractivity contribution in [3.8, 4) is 0 Å². The summed E-state index contributed by atoms with van der Waals surface area (Å²) in [6.45, 7) is 0.918. The second-order valence-corrected chi connectivity index (χ2v) is 4.98. The van der Waals surface area contributed by atoms with Crippen LogP contribution < -0.4 is 10.3 Å². The Balaban J connectivity index is 1.66. The number of hydrazone groups is 1. The van der Waals surface area contributed by atoms with Gasteiger partial charge in [0.15, 0.2) is 0 Å². The van der Waals surface area contributed by atoms with Crippen molar-refractivity contribution in [3.05, 3.63) is 65.7 Å². The highest BCUT2D eigenvalue weighted by Crippen LogP contribution is 2.25. The van der Waals surface area contributed by atoms with E-state index in [1.807, 2.05) is 24.3 Å². The van der Waals surface area contributed by atoms with E-state index < -0.39 is 0 Å². The molecule has 2 aromatic carbocycles. The molecule has 1 heterocycles. The van der Waals surface area contributed by atoms with Gasteiger partial charge in [-0.1, -0.05) is 36.4 Å². The maximum absolute atomic E-state index is 11.9. The molecule has 106 valence electrons. The van der Waals surface area contributed by atoms with Gasteiger partial charge in [-0.25, -0.2) is 5.43 Å². The number of benzene rings is 2. The van der Waals surface area contributed by atoms with Gasteiger partial charge in [-0.05, 0) is 36.6 Å². The number of carbonyl (C=O) groups is 1. The molecule has 0 atom stereocenters. The van der Waals surface area contributed by atoms with E-state index in [2.05, 4.69) is 33.6 Å². The van der Waals surface area contributed by atoms with E-state index in [4.69, 9.17) is 0 Å². The minimum Gasteiger partial charge on any atom is -0.331 e. The quantitative estimate of drug-likeness (QED) is 0.533. The molecule has 1 amide bonds. The summed E-state index contributed by atoms with van der Waals surface area (Å²) in [7, 11) is 0. The predicted molar refractivity (Wildman–Crippen MR) is 84.5 cm³/mol. The van der Waals surface area contributed by atoms with E-state index in [0.717, 1.165) is 19.4 Å². The average Bonchev–Trinajstić information content (AvgIpc) is 2.56. The van der Waals surface area contributed by atoms with E-state index in [1.54, 1.807) is 18.5 Å². The summed E-state index contributed by atoms with van der Waals surface area (Å²) in [5, 5.41) is 4.07. The van der Waals surface area contributed by atoms with Gasteiger partial charge in [0, 0.05) is 17.8 Å². The number of rotatable bonds is 3. The summed E-state index contributed by atoms with van der Waals surface area (Å²) < 4.78 is 0. The van der Waals surface area contributed by atoms with Crippen molar-refractivity contribution >= 4 is 17.9 Å². The predicted octanol–water partition coefficient (Wildman–Crippen LogP) is 2.81. The van der Waals surface area contributed by atoms with E-state index in [9.17, 15) is 4.79 Å². The summed E-state index contributed by atoms with van der Waals surface area (Å²) >= 11 is 0. The lowest BCUT2D eigenvalue weighted by Crippen LogP contribution is -2.29. The number of hydrogen-bond acceptors (Lipinski definition) is 2. The first-order valence-corrected chi connectivity index (χ1v) is 7.08. The van der Waals surface area contributed by atoms with Gasteiger partial charge in [-0.3, -0.25) is 4.79 Å². The minimum absolute atomic E-state index is 0.197. The van der Waals surface area contributed by atoms with Crippen LogP contribution in [-0.2, 0) is 6.42 Å². The number of fused-ring (bicyclic) bond motifs is 1. The molecular weight excluding hydrogens is 262 g/mol. The van der Waals surface area contributed by atoms with Gasteiger partial charge in [0.25, 0.3) is 5.91 Å². The van der Waals surface area contributed by atoms with Crippen LogP contribution in [0.15, 0.2) is 59.7 Å². The van der Waals surface area contributed by atoms with Crippen molar-refractivity contribution in [2.45, 2.75) is 12.8 Å². The maximum Gasteiger partial charge on any atom is 0.271 e. The van der Waals surface area contributed by atoms with Crippen molar-refractivity contribution in [1.29, 1.82) is 0 Å². The Hall–Kier alpha value is -2.62. The molecule has 0 fully saturated rings. The summed E-state index contributed by atoms with van der Waals surface area (Å²) in [5.41, 5.74) is 5.66. The number of nitrogens with one attached hydrogen (secondary N) is 1. The molecule has 4 nitrogen and oxygen atoms in total. The molecule has 0 spiro atoms. The molecule has 0 saturated heterocycles. The first-order chi connectivity index (χ1) is 10.3. The lowest BCUT2D eigenvalue weighted by atomic mass is 10.0. The van der Waals surface area contributed by atoms with E-state index >= 15 is 0 Å².